The molecule has 1 N–H and O–H groups in total. The van der Waals surface area contributed by atoms with Gasteiger partial charge in [-0.2, -0.15) is 0 Å². The summed E-state index contributed by atoms with van der Waals surface area (Å²) in [6, 6.07) is 5.01. The summed E-state index contributed by atoms with van der Waals surface area (Å²) in [5.41, 5.74) is -0.698. The molecule has 1 amide bonds. The number of aliphatic hydroxyl groups is 1. The highest BCUT2D eigenvalue weighted by Crippen LogP contribution is 2.41. The normalized spacial score (nSPS) is 18.2. The predicted octanol–water partition coefficient (Wildman–Crippen LogP) is 3.56. The van der Waals surface area contributed by atoms with E-state index in [4.69, 9.17) is 4.74 Å². The summed E-state index contributed by atoms with van der Waals surface area (Å²) in [6.45, 7) is 9.18. The van der Waals surface area contributed by atoms with Crippen LogP contribution >= 0.6 is 0 Å². The van der Waals surface area contributed by atoms with Gasteiger partial charge in [-0.15, -0.1) is 0 Å². The van der Waals surface area contributed by atoms with Gasteiger partial charge >= 0.3 is 0 Å². The van der Waals surface area contributed by atoms with Crippen molar-refractivity contribution in [3.8, 4) is 0 Å². The molecule has 1 aromatic rings. The zero-order valence-electron chi connectivity index (χ0n) is 15.9. The van der Waals surface area contributed by atoms with Crippen LogP contribution in [-0.2, 0) is 14.3 Å². The predicted molar refractivity (Wildman–Crippen MR) is 96.1 cm³/mol. The second-order valence-corrected chi connectivity index (χ2v) is 7.68. The van der Waals surface area contributed by atoms with Crippen molar-refractivity contribution < 1.29 is 23.8 Å². The molecule has 0 radical (unpaired) electrons. The Kier molecular flexibility index (Phi) is 5.86. The van der Waals surface area contributed by atoms with E-state index in [-0.39, 0.29) is 36.2 Å². The first-order valence-corrected chi connectivity index (χ1v) is 8.70. The summed E-state index contributed by atoms with van der Waals surface area (Å²) in [5, 5.41) is 10.4. The number of aliphatic hydroxyl groups excluding tert-OH is 1. The first-order valence-electron chi connectivity index (χ1n) is 8.70. The second-order valence-electron chi connectivity index (χ2n) is 7.68. The van der Waals surface area contributed by atoms with Crippen molar-refractivity contribution in [1.82, 2.24) is 4.90 Å². The van der Waals surface area contributed by atoms with Gasteiger partial charge in [-0.05, 0) is 19.9 Å². The minimum atomic E-state index is -0.966. The SMILES string of the molecule is CC(C)OCCN1C(=O)C(O)=C(C(=O)C(C)(C)C)C1c1ccccc1F. The summed E-state index contributed by atoms with van der Waals surface area (Å²) in [7, 11) is 0. The van der Waals surface area contributed by atoms with Gasteiger partial charge < -0.3 is 14.7 Å². The molecule has 0 bridgehead atoms. The molecule has 26 heavy (non-hydrogen) atoms. The molecule has 0 saturated carbocycles. The van der Waals surface area contributed by atoms with Crippen LogP contribution in [-0.4, -0.2) is 41.0 Å². The fourth-order valence-electron chi connectivity index (χ4n) is 2.93. The standard InChI is InChI=1S/C20H26FNO4/c1-12(2)26-11-10-22-16(13-8-6-7-9-14(13)21)15(17(23)19(22)25)18(24)20(3,4)5/h6-9,12,16,23H,10-11H2,1-5H3. The Balaban J connectivity index is 2.49. The lowest BCUT2D eigenvalue weighted by Gasteiger charge is -2.29. The van der Waals surface area contributed by atoms with Crippen LogP contribution < -0.4 is 0 Å². The number of hydrogen-bond donors (Lipinski definition) is 1. The molecule has 6 heteroatoms. The number of ether oxygens (including phenoxy) is 1. The number of carbonyl (C=O) groups is 2. The maximum Gasteiger partial charge on any atom is 0.290 e. The molecule has 5 nitrogen and oxygen atoms in total. The van der Waals surface area contributed by atoms with Gasteiger partial charge in [0, 0.05) is 17.5 Å². The van der Waals surface area contributed by atoms with Crippen molar-refractivity contribution in [2.24, 2.45) is 5.41 Å². The van der Waals surface area contributed by atoms with Crippen molar-refractivity contribution in [2.75, 3.05) is 13.2 Å². The minimum absolute atomic E-state index is 0.0307. The Bertz CT molecular complexity index is 734. The Labute approximate surface area is 153 Å². The van der Waals surface area contributed by atoms with E-state index in [1.165, 1.54) is 23.1 Å². The summed E-state index contributed by atoms with van der Waals surface area (Å²) in [5.74, 6) is -2.21. The topological polar surface area (TPSA) is 66.8 Å². The molecule has 0 aliphatic carbocycles. The molecule has 1 heterocycles. The smallest absolute Gasteiger partial charge is 0.290 e. The second kappa shape index (κ2) is 7.58. The van der Waals surface area contributed by atoms with E-state index in [1.807, 2.05) is 13.8 Å². The van der Waals surface area contributed by atoms with Gasteiger partial charge in [-0.3, -0.25) is 9.59 Å². The van der Waals surface area contributed by atoms with Crippen molar-refractivity contribution in [2.45, 2.75) is 46.8 Å². The first-order chi connectivity index (χ1) is 12.1. The van der Waals surface area contributed by atoms with Crippen LogP contribution in [0.2, 0.25) is 0 Å². The molecule has 1 unspecified atom stereocenters. The molecule has 0 saturated heterocycles. The van der Waals surface area contributed by atoms with E-state index in [1.54, 1.807) is 26.8 Å². The summed E-state index contributed by atoms with van der Waals surface area (Å²) >= 11 is 0. The van der Waals surface area contributed by atoms with Crippen LogP contribution in [0.15, 0.2) is 35.6 Å². The van der Waals surface area contributed by atoms with E-state index >= 15 is 0 Å². The maximum absolute atomic E-state index is 14.5. The molecule has 0 aromatic heterocycles. The molecule has 142 valence electrons. The fourth-order valence-corrected chi connectivity index (χ4v) is 2.93. The number of halogens is 1. The number of ketones is 1. The Morgan fingerprint density at radius 1 is 1.31 bits per heavy atom. The first kappa shape index (κ1) is 20.1. The average molecular weight is 363 g/mol. The van der Waals surface area contributed by atoms with E-state index < -0.39 is 28.9 Å². The lowest BCUT2D eigenvalue weighted by molar-refractivity contribution is -0.130. The van der Waals surface area contributed by atoms with Gasteiger partial charge in [0.15, 0.2) is 11.5 Å². The highest BCUT2D eigenvalue weighted by molar-refractivity contribution is 6.10. The van der Waals surface area contributed by atoms with Crippen molar-refractivity contribution >= 4 is 11.7 Å². The van der Waals surface area contributed by atoms with Crippen LogP contribution in [0.4, 0.5) is 4.39 Å². The van der Waals surface area contributed by atoms with Gasteiger partial charge in [-0.25, -0.2) is 4.39 Å². The number of carbonyl (C=O) groups excluding carboxylic acids is 2. The fraction of sp³-hybridized carbons (Fsp3) is 0.500. The Morgan fingerprint density at radius 2 is 1.92 bits per heavy atom. The van der Waals surface area contributed by atoms with Gasteiger partial charge in [-0.1, -0.05) is 39.0 Å². The van der Waals surface area contributed by atoms with Crippen molar-refractivity contribution in [3.63, 3.8) is 0 Å². The number of rotatable bonds is 6. The summed E-state index contributed by atoms with van der Waals surface area (Å²) in [4.78, 5) is 26.8. The lowest BCUT2D eigenvalue weighted by Crippen LogP contribution is -2.36. The monoisotopic (exact) mass is 363 g/mol. The lowest BCUT2D eigenvalue weighted by atomic mass is 9.82. The summed E-state index contributed by atoms with van der Waals surface area (Å²) < 4.78 is 20.0. The van der Waals surface area contributed by atoms with Crippen LogP contribution in [0.3, 0.4) is 0 Å². The molecule has 0 spiro atoms. The average Bonchev–Trinajstić information content (AvgIpc) is 2.78. The third-order valence-electron chi connectivity index (χ3n) is 4.21. The van der Waals surface area contributed by atoms with Crippen LogP contribution in [0.5, 0.6) is 0 Å². The Morgan fingerprint density at radius 3 is 2.46 bits per heavy atom. The molecule has 1 atom stereocenters. The van der Waals surface area contributed by atoms with Gasteiger partial charge in [0.2, 0.25) is 0 Å². The zero-order chi connectivity index (χ0) is 19.6. The van der Waals surface area contributed by atoms with E-state index in [0.717, 1.165) is 0 Å². The zero-order valence-corrected chi connectivity index (χ0v) is 15.9. The van der Waals surface area contributed by atoms with Crippen molar-refractivity contribution in [3.05, 3.63) is 47.0 Å². The molecule has 0 fully saturated rings. The van der Waals surface area contributed by atoms with E-state index in [2.05, 4.69) is 0 Å². The largest absolute Gasteiger partial charge is 0.503 e. The third-order valence-corrected chi connectivity index (χ3v) is 4.21. The molecular formula is C20H26FNO4. The minimum Gasteiger partial charge on any atom is -0.503 e. The van der Waals surface area contributed by atoms with Gasteiger partial charge in [0.1, 0.15) is 5.82 Å². The number of Topliss-reactive ketones (excluding diaryl/α,β-unsaturated/α-hetero) is 1. The van der Waals surface area contributed by atoms with Gasteiger partial charge in [0.05, 0.1) is 24.3 Å². The van der Waals surface area contributed by atoms with Crippen LogP contribution in [0.1, 0.15) is 46.2 Å². The van der Waals surface area contributed by atoms with E-state index in [9.17, 15) is 19.1 Å². The highest BCUT2D eigenvalue weighted by atomic mass is 19.1. The molecule has 2 rings (SSSR count). The number of benzene rings is 1. The third kappa shape index (κ3) is 3.96. The molecule has 1 aliphatic heterocycles. The van der Waals surface area contributed by atoms with Crippen LogP contribution in [0.25, 0.3) is 0 Å². The highest BCUT2D eigenvalue weighted by Gasteiger charge is 2.46. The quantitative estimate of drug-likeness (QED) is 0.839. The molecular weight excluding hydrogens is 337 g/mol. The van der Waals surface area contributed by atoms with E-state index in [0.29, 0.717) is 0 Å². The Hall–Kier alpha value is -2.21. The maximum atomic E-state index is 14.5. The number of amides is 1. The number of nitrogens with zero attached hydrogens (tertiary/aromatic N) is 1. The van der Waals surface area contributed by atoms with Crippen LogP contribution in [0, 0.1) is 11.2 Å². The van der Waals surface area contributed by atoms with Gasteiger partial charge in [0.25, 0.3) is 5.91 Å². The molecule has 1 aromatic carbocycles. The molecule has 1 aliphatic rings. The summed E-state index contributed by atoms with van der Waals surface area (Å²) in [6.07, 6.45) is -0.0307. The number of hydrogen-bond acceptors (Lipinski definition) is 4. The van der Waals surface area contributed by atoms with Crippen molar-refractivity contribution in [1.29, 1.82) is 0 Å².